The van der Waals surface area contributed by atoms with E-state index in [2.05, 4.69) is 85.1 Å². The van der Waals surface area contributed by atoms with Crippen LogP contribution in [0, 0.1) is 0 Å². The molecule has 0 aliphatic carbocycles. The lowest BCUT2D eigenvalue weighted by molar-refractivity contribution is 0.170. The number of phenolic OH excluding ortho intramolecular Hbond substituents is 2. The number of anilines is 1. The SMILES string of the molecule is CC(C)N(CC[C@H](c1ccccc1)c1cc(CCCCCCCCCCNCC(O)c2ccc(O)c(NS(C)(=O)=O)c2)ccc1O)C(C)C. The quantitative estimate of drug-likeness (QED) is 0.0502. The molecular formula is C40H61N3O5S. The lowest BCUT2D eigenvalue weighted by Crippen LogP contribution is -2.38. The van der Waals surface area contributed by atoms with E-state index >= 15 is 0 Å². The minimum absolute atomic E-state index is 0.0619. The number of unbranched alkanes of at least 4 members (excludes halogenated alkanes) is 7. The Labute approximate surface area is 296 Å². The highest BCUT2D eigenvalue weighted by molar-refractivity contribution is 7.92. The smallest absolute Gasteiger partial charge is 0.229 e. The van der Waals surface area contributed by atoms with E-state index in [1.54, 1.807) is 6.07 Å². The number of sulfonamides is 1. The van der Waals surface area contributed by atoms with Gasteiger partial charge in [0.1, 0.15) is 11.5 Å². The molecule has 0 amide bonds. The lowest BCUT2D eigenvalue weighted by atomic mass is 9.86. The lowest BCUT2D eigenvalue weighted by Gasteiger charge is -2.32. The van der Waals surface area contributed by atoms with Crippen molar-refractivity contribution in [1.82, 2.24) is 10.2 Å². The van der Waals surface area contributed by atoms with E-state index in [0.717, 1.165) is 57.0 Å². The highest BCUT2D eigenvalue weighted by Gasteiger charge is 2.22. The minimum atomic E-state index is -3.53. The molecule has 0 aliphatic rings. The van der Waals surface area contributed by atoms with E-state index in [-0.39, 0.29) is 17.4 Å². The summed E-state index contributed by atoms with van der Waals surface area (Å²) in [5.74, 6) is 0.361. The summed E-state index contributed by atoms with van der Waals surface area (Å²) in [6.07, 6.45) is 11.6. The van der Waals surface area contributed by atoms with Gasteiger partial charge in [0.2, 0.25) is 10.0 Å². The summed E-state index contributed by atoms with van der Waals surface area (Å²) in [6, 6.07) is 22.2. The van der Waals surface area contributed by atoms with Gasteiger partial charge >= 0.3 is 0 Å². The van der Waals surface area contributed by atoms with Crippen LogP contribution in [-0.4, -0.2) is 66.6 Å². The summed E-state index contributed by atoms with van der Waals surface area (Å²) < 4.78 is 25.3. The van der Waals surface area contributed by atoms with Gasteiger partial charge < -0.3 is 20.6 Å². The topological polar surface area (TPSA) is 122 Å². The van der Waals surface area contributed by atoms with Crippen LogP contribution in [0.2, 0.25) is 0 Å². The van der Waals surface area contributed by atoms with E-state index in [1.165, 1.54) is 55.4 Å². The molecule has 0 heterocycles. The molecule has 272 valence electrons. The monoisotopic (exact) mass is 695 g/mol. The van der Waals surface area contributed by atoms with Crippen LogP contribution in [0.25, 0.3) is 0 Å². The Balaban J connectivity index is 1.34. The number of rotatable bonds is 23. The van der Waals surface area contributed by atoms with Crippen molar-refractivity contribution in [2.75, 3.05) is 30.6 Å². The van der Waals surface area contributed by atoms with Crippen LogP contribution in [0.1, 0.15) is 120 Å². The maximum Gasteiger partial charge on any atom is 0.229 e. The van der Waals surface area contributed by atoms with Crippen LogP contribution >= 0.6 is 0 Å². The molecule has 3 rings (SSSR count). The van der Waals surface area contributed by atoms with Gasteiger partial charge in [-0.2, -0.15) is 0 Å². The summed E-state index contributed by atoms with van der Waals surface area (Å²) in [4.78, 5) is 2.53. The molecule has 3 aromatic carbocycles. The number of hydrogen-bond acceptors (Lipinski definition) is 7. The molecule has 0 bridgehead atoms. The number of phenols is 2. The standard InChI is InChI=1S/C40H61N3O5S/c1-30(2)43(31(3)4)26-24-35(33-18-14-12-15-19-33)36-27-32(20-22-38(36)44)17-13-10-8-6-7-9-11-16-25-41-29-40(46)34-21-23-39(45)37(28-34)42-49(5,47)48/h12,14-15,18-23,27-28,30-31,35,40-42,44-46H,6-11,13,16-17,24-26,29H2,1-5H3/t35-,40?/m1/s1. The molecule has 9 heteroatoms. The molecule has 0 saturated heterocycles. The van der Waals surface area contributed by atoms with Gasteiger partial charge in [-0.3, -0.25) is 9.62 Å². The zero-order valence-corrected chi connectivity index (χ0v) is 31.2. The van der Waals surface area contributed by atoms with Crippen LogP contribution < -0.4 is 10.0 Å². The van der Waals surface area contributed by atoms with E-state index in [9.17, 15) is 23.7 Å². The van der Waals surface area contributed by atoms with Crippen molar-refractivity contribution in [3.05, 3.63) is 89.0 Å². The first-order valence-electron chi connectivity index (χ1n) is 18.2. The van der Waals surface area contributed by atoms with Crippen molar-refractivity contribution >= 4 is 15.7 Å². The summed E-state index contributed by atoms with van der Waals surface area (Å²) in [5.41, 5.74) is 4.19. The zero-order chi connectivity index (χ0) is 35.8. The van der Waals surface area contributed by atoms with Crippen LogP contribution in [0.3, 0.4) is 0 Å². The Hall–Kier alpha value is -3.11. The van der Waals surface area contributed by atoms with Crippen molar-refractivity contribution < 1.29 is 23.7 Å². The Bertz CT molecular complexity index is 1490. The van der Waals surface area contributed by atoms with Crippen LogP contribution in [0.15, 0.2) is 66.7 Å². The van der Waals surface area contributed by atoms with E-state index < -0.39 is 16.1 Å². The number of aromatic hydroxyl groups is 2. The Morgan fingerprint density at radius 1 is 0.735 bits per heavy atom. The number of hydrogen-bond donors (Lipinski definition) is 5. The summed E-state index contributed by atoms with van der Waals surface area (Å²) in [6.45, 7) is 11.2. The molecule has 8 nitrogen and oxygen atoms in total. The van der Waals surface area contributed by atoms with Crippen molar-refractivity contribution in [2.24, 2.45) is 0 Å². The van der Waals surface area contributed by atoms with Crippen LogP contribution in [0.5, 0.6) is 11.5 Å². The molecule has 3 aromatic rings. The third-order valence-electron chi connectivity index (χ3n) is 9.28. The summed E-state index contributed by atoms with van der Waals surface area (Å²) in [5, 5.41) is 34.6. The molecule has 0 aliphatic heterocycles. The van der Waals surface area contributed by atoms with E-state index in [0.29, 0.717) is 29.9 Å². The number of aryl methyl sites for hydroxylation is 1. The van der Waals surface area contributed by atoms with Crippen molar-refractivity contribution in [3.63, 3.8) is 0 Å². The Kier molecular flexibility index (Phi) is 16.9. The maximum atomic E-state index is 11.5. The highest BCUT2D eigenvalue weighted by Crippen LogP contribution is 2.35. The number of aliphatic hydroxyl groups excluding tert-OH is 1. The predicted molar refractivity (Wildman–Crippen MR) is 203 cm³/mol. The fourth-order valence-corrected chi connectivity index (χ4v) is 7.22. The molecule has 0 radical (unpaired) electrons. The normalized spacial score (nSPS) is 13.3. The van der Waals surface area contributed by atoms with Gasteiger partial charge in [-0.1, -0.05) is 87.1 Å². The fourth-order valence-electron chi connectivity index (χ4n) is 6.66. The molecule has 0 spiro atoms. The van der Waals surface area contributed by atoms with Gasteiger partial charge in [0.15, 0.2) is 0 Å². The van der Waals surface area contributed by atoms with Crippen LogP contribution in [0.4, 0.5) is 5.69 Å². The third kappa shape index (κ3) is 14.3. The van der Waals surface area contributed by atoms with Gasteiger partial charge in [-0.25, -0.2) is 8.42 Å². The second kappa shape index (κ2) is 20.5. The molecule has 49 heavy (non-hydrogen) atoms. The molecule has 0 aromatic heterocycles. The van der Waals surface area contributed by atoms with Gasteiger partial charge in [0.25, 0.3) is 0 Å². The zero-order valence-electron chi connectivity index (χ0n) is 30.4. The average molecular weight is 696 g/mol. The predicted octanol–water partition coefficient (Wildman–Crippen LogP) is 8.10. The molecule has 0 fully saturated rings. The van der Waals surface area contributed by atoms with Gasteiger partial charge in [0, 0.05) is 30.1 Å². The summed E-state index contributed by atoms with van der Waals surface area (Å²) in [7, 11) is -3.53. The number of benzene rings is 3. The second-order valence-electron chi connectivity index (χ2n) is 14.0. The van der Waals surface area contributed by atoms with Crippen molar-refractivity contribution in [1.29, 1.82) is 0 Å². The third-order valence-corrected chi connectivity index (χ3v) is 9.87. The average Bonchev–Trinajstić information content (AvgIpc) is 3.05. The highest BCUT2D eigenvalue weighted by atomic mass is 32.2. The fraction of sp³-hybridized carbons (Fsp3) is 0.550. The Morgan fingerprint density at radius 3 is 1.98 bits per heavy atom. The first-order valence-corrected chi connectivity index (χ1v) is 20.1. The Morgan fingerprint density at radius 2 is 1.35 bits per heavy atom. The maximum absolute atomic E-state index is 11.5. The van der Waals surface area contributed by atoms with Crippen molar-refractivity contribution in [2.45, 2.75) is 116 Å². The second-order valence-corrected chi connectivity index (χ2v) is 15.8. The van der Waals surface area contributed by atoms with E-state index in [1.807, 2.05) is 6.07 Å². The molecular weight excluding hydrogens is 635 g/mol. The number of nitrogens with one attached hydrogen (secondary N) is 2. The first-order chi connectivity index (χ1) is 23.4. The van der Waals surface area contributed by atoms with Gasteiger partial charge in [0.05, 0.1) is 18.0 Å². The molecule has 2 atom stereocenters. The minimum Gasteiger partial charge on any atom is -0.508 e. The summed E-state index contributed by atoms with van der Waals surface area (Å²) >= 11 is 0. The van der Waals surface area contributed by atoms with Gasteiger partial charge in [-0.15, -0.1) is 0 Å². The van der Waals surface area contributed by atoms with Gasteiger partial charge in [-0.05, 0) is 101 Å². The molecule has 0 saturated carbocycles. The van der Waals surface area contributed by atoms with Crippen molar-refractivity contribution in [3.8, 4) is 11.5 Å². The van der Waals surface area contributed by atoms with E-state index in [4.69, 9.17) is 0 Å². The van der Waals surface area contributed by atoms with Crippen LogP contribution in [-0.2, 0) is 16.4 Å². The molecule has 1 unspecified atom stereocenters. The largest absolute Gasteiger partial charge is 0.508 e. The molecule has 5 N–H and O–H groups in total. The number of aliphatic hydroxyl groups is 1. The number of nitrogens with zero attached hydrogens (tertiary/aromatic N) is 1. The first kappa shape index (κ1) is 40.3.